The van der Waals surface area contributed by atoms with Gasteiger partial charge >= 0.3 is 5.97 Å². The van der Waals surface area contributed by atoms with Gasteiger partial charge in [-0.2, -0.15) is 0 Å². The average molecular weight is 288 g/mol. The molecule has 1 fully saturated rings. The standard InChI is InChI=1S/C15H20N4O2/c1-18-6-3-11(4-7-18)9-13-16-17-14-10-12(15(20)21-2)5-8-19(13)14/h5,8,10-11H,3-4,6-7,9H2,1-2H3. The third-order valence-corrected chi connectivity index (χ3v) is 4.21. The van der Waals surface area contributed by atoms with Crippen LogP contribution in [0.4, 0.5) is 0 Å². The fraction of sp³-hybridized carbons (Fsp3) is 0.533. The van der Waals surface area contributed by atoms with Crippen LogP contribution in [0, 0.1) is 5.92 Å². The molecular weight excluding hydrogens is 268 g/mol. The van der Waals surface area contributed by atoms with Crippen molar-refractivity contribution in [3.63, 3.8) is 0 Å². The van der Waals surface area contributed by atoms with Crippen LogP contribution in [0.15, 0.2) is 18.3 Å². The van der Waals surface area contributed by atoms with Crippen molar-refractivity contribution in [2.45, 2.75) is 19.3 Å². The number of fused-ring (bicyclic) bond motifs is 1. The molecule has 1 aliphatic rings. The van der Waals surface area contributed by atoms with Crippen LogP contribution < -0.4 is 0 Å². The molecule has 112 valence electrons. The monoisotopic (exact) mass is 288 g/mol. The summed E-state index contributed by atoms with van der Waals surface area (Å²) in [5, 5.41) is 8.45. The van der Waals surface area contributed by atoms with Crippen LogP contribution >= 0.6 is 0 Å². The average Bonchev–Trinajstić information content (AvgIpc) is 2.91. The molecule has 0 unspecified atom stereocenters. The molecule has 0 N–H and O–H groups in total. The number of aromatic nitrogens is 3. The van der Waals surface area contributed by atoms with Gasteiger partial charge in [-0.25, -0.2) is 4.79 Å². The summed E-state index contributed by atoms with van der Waals surface area (Å²) in [6.45, 7) is 2.29. The third-order valence-electron chi connectivity index (χ3n) is 4.21. The summed E-state index contributed by atoms with van der Waals surface area (Å²) in [4.78, 5) is 13.9. The highest BCUT2D eigenvalue weighted by atomic mass is 16.5. The minimum Gasteiger partial charge on any atom is -0.465 e. The fourth-order valence-electron chi connectivity index (χ4n) is 2.85. The summed E-state index contributed by atoms with van der Waals surface area (Å²) >= 11 is 0. The third kappa shape index (κ3) is 2.90. The van der Waals surface area contributed by atoms with Gasteiger partial charge in [0, 0.05) is 12.6 Å². The molecular formula is C15H20N4O2. The highest BCUT2D eigenvalue weighted by Gasteiger charge is 2.19. The van der Waals surface area contributed by atoms with E-state index >= 15 is 0 Å². The molecule has 1 aliphatic heterocycles. The maximum atomic E-state index is 11.5. The number of hydrogen-bond acceptors (Lipinski definition) is 5. The van der Waals surface area contributed by atoms with Crippen molar-refractivity contribution >= 4 is 11.6 Å². The largest absolute Gasteiger partial charge is 0.465 e. The number of hydrogen-bond donors (Lipinski definition) is 0. The van der Waals surface area contributed by atoms with E-state index in [4.69, 9.17) is 4.74 Å². The van der Waals surface area contributed by atoms with Gasteiger partial charge in [-0.1, -0.05) is 0 Å². The Morgan fingerprint density at radius 2 is 2.14 bits per heavy atom. The molecule has 3 rings (SSSR count). The molecule has 0 spiro atoms. The van der Waals surface area contributed by atoms with Crippen LogP contribution in [-0.4, -0.2) is 52.7 Å². The van der Waals surface area contributed by atoms with Crippen molar-refractivity contribution in [3.8, 4) is 0 Å². The van der Waals surface area contributed by atoms with Gasteiger partial charge in [0.1, 0.15) is 5.82 Å². The smallest absolute Gasteiger partial charge is 0.338 e. The van der Waals surface area contributed by atoms with Gasteiger partial charge in [-0.15, -0.1) is 10.2 Å². The number of methoxy groups -OCH3 is 1. The number of ether oxygens (including phenoxy) is 1. The normalized spacial score (nSPS) is 17.2. The quantitative estimate of drug-likeness (QED) is 0.799. The Labute approximate surface area is 123 Å². The Hall–Kier alpha value is -1.95. The first-order chi connectivity index (χ1) is 10.2. The summed E-state index contributed by atoms with van der Waals surface area (Å²) in [6.07, 6.45) is 5.19. The SMILES string of the molecule is COC(=O)c1ccn2c(CC3CCN(C)CC3)nnc2c1. The maximum absolute atomic E-state index is 11.5. The molecule has 21 heavy (non-hydrogen) atoms. The van der Waals surface area contributed by atoms with Crippen LogP contribution in [-0.2, 0) is 11.2 Å². The molecule has 1 saturated heterocycles. The number of pyridine rings is 1. The van der Waals surface area contributed by atoms with Gasteiger partial charge in [0.2, 0.25) is 0 Å². The molecule has 6 heteroatoms. The highest BCUT2D eigenvalue weighted by Crippen LogP contribution is 2.20. The molecule has 0 bridgehead atoms. The van der Waals surface area contributed by atoms with Gasteiger partial charge in [0.05, 0.1) is 12.7 Å². The van der Waals surface area contributed by atoms with E-state index in [1.54, 1.807) is 12.1 Å². The number of carbonyl (C=O) groups is 1. The van der Waals surface area contributed by atoms with Crippen molar-refractivity contribution in [3.05, 3.63) is 29.7 Å². The van der Waals surface area contributed by atoms with Crippen molar-refractivity contribution in [1.82, 2.24) is 19.5 Å². The fourth-order valence-corrected chi connectivity index (χ4v) is 2.85. The number of rotatable bonds is 3. The van der Waals surface area contributed by atoms with E-state index in [-0.39, 0.29) is 5.97 Å². The number of piperidine rings is 1. The van der Waals surface area contributed by atoms with Crippen LogP contribution in [0.1, 0.15) is 29.0 Å². The van der Waals surface area contributed by atoms with Gasteiger partial charge in [-0.05, 0) is 51.0 Å². The first-order valence-electron chi connectivity index (χ1n) is 7.28. The Morgan fingerprint density at radius 3 is 2.86 bits per heavy atom. The van der Waals surface area contributed by atoms with E-state index in [1.807, 2.05) is 10.6 Å². The zero-order chi connectivity index (χ0) is 14.8. The zero-order valence-corrected chi connectivity index (χ0v) is 12.5. The second kappa shape index (κ2) is 5.81. The van der Waals surface area contributed by atoms with Crippen molar-refractivity contribution in [1.29, 1.82) is 0 Å². The molecule has 2 aromatic rings. The first kappa shape index (κ1) is 14.0. The van der Waals surface area contributed by atoms with Gasteiger partial charge in [-0.3, -0.25) is 4.40 Å². The Balaban J connectivity index is 1.79. The molecule has 6 nitrogen and oxygen atoms in total. The Morgan fingerprint density at radius 1 is 1.38 bits per heavy atom. The second-order valence-electron chi connectivity index (χ2n) is 5.70. The number of esters is 1. The Kier molecular flexibility index (Phi) is 3.88. The lowest BCUT2D eigenvalue weighted by molar-refractivity contribution is 0.0600. The van der Waals surface area contributed by atoms with E-state index in [1.165, 1.54) is 20.0 Å². The summed E-state index contributed by atoms with van der Waals surface area (Å²) < 4.78 is 6.69. The molecule has 0 aromatic carbocycles. The minimum atomic E-state index is -0.350. The van der Waals surface area contributed by atoms with Crippen LogP contribution in [0.25, 0.3) is 5.65 Å². The molecule has 3 heterocycles. The van der Waals surface area contributed by atoms with Crippen molar-refractivity contribution < 1.29 is 9.53 Å². The number of carbonyl (C=O) groups excluding carboxylic acids is 1. The van der Waals surface area contributed by atoms with E-state index in [0.29, 0.717) is 17.1 Å². The predicted molar refractivity (Wildman–Crippen MR) is 78.3 cm³/mol. The van der Waals surface area contributed by atoms with Gasteiger partial charge in [0.15, 0.2) is 5.65 Å². The number of nitrogens with zero attached hydrogens (tertiary/aromatic N) is 4. The minimum absolute atomic E-state index is 0.350. The lowest BCUT2D eigenvalue weighted by atomic mass is 9.93. The van der Waals surface area contributed by atoms with Crippen LogP contribution in [0.3, 0.4) is 0 Å². The Bertz CT molecular complexity index is 644. The number of likely N-dealkylation sites (tertiary alicyclic amines) is 1. The summed E-state index contributed by atoms with van der Waals surface area (Å²) in [5.41, 5.74) is 1.20. The second-order valence-corrected chi connectivity index (χ2v) is 5.70. The summed E-state index contributed by atoms with van der Waals surface area (Å²) in [7, 11) is 3.54. The van der Waals surface area contributed by atoms with Gasteiger partial charge < -0.3 is 9.64 Å². The van der Waals surface area contributed by atoms with E-state index in [0.717, 1.165) is 25.3 Å². The molecule has 2 aromatic heterocycles. The lowest BCUT2D eigenvalue weighted by Crippen LogP contribution is -2.31. The first-order valence-corrected chi connectivity index (χ1v) is 7.28. The maximum Gasteiger partial charge on any atom is 0.338 e. The molecule has 0 atom stereocenters. The van der Waals surface area contributed by atoms with E-state index < -0.39 is 0 Å². The summed E-state index contributed by atoms with van der Waals surface area (Å²) in [6, 6.07) is 3.47. The highest BCUT2D eigenvalue weighted by molar-refractivity contribution is 5.90. The van der Waals surface area contributed by atoms with E-state index in [9.17, 15) is 4.79 Å². The summed E-state index contributed by atoms with van der Waals surface area (Å²) in [5.74, 6) is 1.28. The van der Waals surface area contributed by atoms with Crippen LogP contribution in [0.2, 0.25) is 0 Å². The molecule has 0 amide bonds. The lowest BCUT2D eigenvalue weighted by Gasteiger charge is -2.28. The molecule has 0 aliphatic carbocycles. The predicted octanol–water partition coefficient (Wildman–Crippen LogP) is 1.40. The van der Waals surface area contributed by atoms with Gasteiger partial charge in [0.25, 0.3) is 0 Å². The van der Waals surface area contributed by atoms with Crippen LogP contribution in [0.5, 0.6) is 0 Å². The topological polar surface area (TPSA) is 59.7 Å². The van der Waals surface area contributed by atoms with Crippen molar-refractivity contribution in [2.75, 3.05) is 27.2 Å². The van der Waals surface area contributed by atoms with E-state index in [2.05, 4.69) is 22.1 Å². The van der Waals surface area contributed by atoms with Crippen molar-refractivity contribution in [2.24, 2.45) is 5.92 Å². The molecule has 0 saturated carbocycles. The zero-order valence-electron chi connectivity index (χ0n) is 12.5. The molecule has 0 radical (unpaired) electrons.